The number of likely N-dealkylation sites (N-methyl/N-ethyl adjacent to an activating group) is 2. The first-order valence-corrected chi connectivity index (χ1v) is 7.10. The zero-order valence-corrected chi connectivity index (χ0v) is 12.8. The molecule has 0 unspecified atom stereocenters. The maximum absolute atomic E-state index is 11.9. The van der Waals surface area contributed by atoms with Crippen molar-refractivity contribution in [1.29, 1.82) is 0 Å². The van der Waals surface area contributed by atoms with Gasteiger partial charge in [0.25, 0.3) is 0 Å². The van der Waals surface area contributed by atoms with E-state index >= 15 is 0 Å². The van der Waals surface area contributed by atoms with Gasteiger partial charge in [-0.25, -0.2) is 4.98 Å². The van der Waals surface area contributed by atoms with Gasteiger partial charge >= 0.3 is 0 Å². The number of pyridine rings is 1. The molecular weight excluding hydrogens is 264 g/mol. The highest BCUT2D eigenvalue weighted by atomic mass is 16.2. The van der Waals surface area contributed by atoms with Gasteiger partial charge in [0.05, 0.1) is 12.1 Å². The van der Waals surface area contributed by atoms with Crippen LogP contribution in [0, 0.1) is 0 Å². The lowest BCUT2D eigenvalue weighted by atomic mass is 10.1. The summed E-state index contributed by atoms with van der Waals surface area (Å²) in [6.45, 7) is 3.50. The Morgan fingerprint density at radius 1 is 1.29 bits per heavy atom. The number of carbonyl (C=O) groups is 1. The molecule has 0 spiro atoms. The summed E-state index contributed by atoms with van der Waals surface area (Å²) in [5.74, 6) is 0.855. The molecule has 0 atom stereocenters. The van der Waals surface area contributed by atoms with E-state index in [1.54, 1.807) is 19.0 Å². The molecule has 0 aliphatic rings. The molecule has 1 aromatic heterocycles. The molecule has 0 saturated carbocycles. The van der Waals surface area contributed by atoms with E-state index in [9.17, 15) is 4.79 Å². The second-order valence-corrected chi connectivity index (χ2v) is 5.16. The summed E-state index contributed by atoms with van der Waals surface area (Å²) >= 11 is 0. The second-order valence-electron chi connectivity index (χ2n) is 5.16. The largest absolute Gasteiger partial charge is 0.348 e. The maximum atomic E-state index is 11.9. The van der Waals surface area contributed by atoms with Gasteiger partial charge in [0, 0.05) is 32.6 Å². The van der Waals surface area contributed by atoms with Gasteiger partial charge in [-0.05, 0) is 24.6 Å². The molecule has 5 heteroatoms. The number of anilines is 1. The summed E-state index contributed by atoms with van der Waals surface area (Å²) in [5.41, 5.74) is 7.81. The Labute approximate surface area is 125 Å². The summed E-state index contributed by atoms with van der Waals surface area (Å²) in [6, 6.07) is 9.92. The van der Waals surface area contributed by atoms with E-state index in [4.69, 9.17) is 5.73 Å². The quantitative estimate of drug-likeness (QED) is 0.907. The van der Waals surface area contributed by atoms with Crippen LogP contribution in [0.2, 0.25) is 0 Å². The summed E-state index contributed by atoms with van der Waals surface area (Å²) in [7, 11) is 3.52. The number of nitrogens with two attached hydrogens (primary N) is 1. The van der Waals surface area contributed by atoms with E-state index in [0.29, 0.717) is 13.1 Å². The van der Waals surface area contributed by atoms with Crippen molar-refractivity contribution in [2.75, 3.05) is 32.1 Å². The van der Waals surface area contributed by atoms with Crippen molar-refractivity contribution in [1.82, 2.24) is 9.88 Å². The van der Waals surface area contributed by atoms with Crippen LogP contribution >= 0.6 is 0 Å². The van der Waals surface area contributed by atoms with Crippen LogP contribution in [0.1, 0.15) is 12.5 Å². The summed E-state index contributed by atoms with van der Waals surface area (Å²) in [4.78, 5) is 20.2. The lowest BCUT2D eigenvalue weighted by Gasteiger charge is -2.24. The molecule has 1 aromatic carbocycles. The molecule has 0 saturated heterocycles. The number of hydrogen-bond acceptors (Lipinski definition) is 4. The van der Waals surface area contributed by atoms with E-state index in [1.807, 2.05) is 42.2 Å². The van der Waals surface area contributed by atoms with Crippen molar-refractivity contribution < 1.29 is 4.79 Å². The van der Waals surface area contributed by atoms with E-state index in [0.717, 1.165) is 28.8 Å². The highest BCUT2D eigenvalue weighted by Gasteiger charge is 2.14. The number of para-hydroxylation sites is 1. The van der Waals surface area contributed by atoms with Gasteiger partial charge in [-0.15, -0.1) is 0 Å². The average Bonchev–Trinajstić information content (AvgIpc) is 2.50. The van der Waals surface area contributed by atoms with E-state index in [1.165, 1.54) is 0 Å². The molecule has 0 aliphatic heterocycles. The van der Waals surface area contributed by atoms with Gasteiger partial charge in [-0.2, -0.15) is 0 Å². The number of carbonyl (C=O) groups excluding carboxylic acids is 1. The Hall–Kier alpha value is -2.14. The summed E-state index contributed by atoms with van der Waals surface area (Å²) < 4.78 is 0. The van der Waals surface area contributed by atoms with Crippen LogP contribution in [-0.2, 0) is 11.3 Å². The Morgan fingerprint density at radius 3 is 2.62 bits per heavy atom. The molecule has 2 aromatic rings. The molecule has 2 rings (SSSR count). The molecule has 0 aliphatic carbocycles. The predicted molar refractivity (Wildman–Crippen MR) is 86.2 cm³/mol. The lowest BCUT2D eigenvalue weighted by Crippen LogP contribution is -2.37. The molecule has 1 amide bonds. The second kappa shape index (κ2) is 6.54. The van der Waals surface area contributed by atoms with Gasteiger partial charge in [0.2, 0.25) is 5.91 Å². The van der Waals surface area contributed by atoms with Gasteiger partial charge in [0.15, 0.2) is 0 Å². The molecule has 2 N–H and O–H groups in total. The number of amides is 1. The molecule has 0 radical (unpaired) electrons. The first kappa shape index (κ1) is 15.3. The van der Waals surface area contributed by atoms with Gasteiger partial charge in [-0.1, -0.05) is 18.2 Å². The number of nitrogens with zero attached hydrogens (tertiary/aromatic N) is 3. The fourth-order valence-electron chi connectivity index (χ4n) is 2.22. The van der Waals surface area contributed by atoms with E-state index < -0.39 is 0 Å². The van der Waals surface area contributed by atoms with Crippen molar-refractivity contribution in [3.8, 4) is 0 Å². The number of benzene rings is 1. The number of aromatic nitrogens is 1. The van der Waals surface area contributed by atoms with Crippen LogP contribution in [0.4, 0.5) is 5.82 Å². The van der Waals surface area contributed by atoms with Gasteiger partial charge in [-0.3, -0.25) is 4.79 Å². The topological polar surface area (TPSA) is 62.5 Å². The molecule has 5 nitrogen and oxygen atoms in total. The molecule has 0 bridgehead atoms. The first-order chi connectivity index (χ1) is 10.1. The zero-order valence-electron chi connectivity index (χ0n) is 12.8. The van der Waals surface area contributed by atoms with Gasteiger partial charge in [0.1, 0.15) is 5.82 Å². The highest BCUT2D eigenvalue weighted by Crippen LogP contribution is 2.22. The van der Waals surface area contributed by atoms with Crippen molar-refractivity contribution in [2.45, 2.75) is 13.5 Å². The normalized spacial score (nSPS) is 10.7. The first-order valence-electron chi connectivity index (χ1n) is 7.10. The van der Waals surface area contributed by atoms with Crippen LogP contribution in [-0.4, -0.2) is 43.0 Å². The Balaban J connectivity index is 2.42. The van der Waals surface area contributed by atoms with Crippen molar-refractivity contribution in [3.05, 3.63) is 35.9 Å². The zero-order chi connectivity index (χ0) is 15.4. The SMILES string of the molecule is CCN(CC(=O)N(C)C)c1cc(CN)c2ccccc2n1. The third-order valence-corrected chi connectivity index (χ3v) is 3.54. The molecule has 1 heterocycles. The average molecular weight is 286 g/mol. The minimum Gasteiger partial charge on any atom is -0.348 e. The minimum absolute atomic E-state index is 0.0566. The van der Waals surface area contributed by atoms with Crippen LogP contribution in [0.3, 0.4) is 0 Å². The highest BCUT2D eigenvalue weighted by molar-refractivity contribution is 5.85. The number of rotatable bonds is 5. The van der Waals surface area contributed by atoms with Crippen LogP contribution in [0.5, 0.6) is 0 Å². The Bertz CT molecular complexity index is 639. The third-order valence-electron chi connectivity index (χ3n) is 3.54. The molecule has 0 fully saturated rings. The van der Waals surface area contributed by atoms with Crippen molar-refractivity contribution in [2.24, 2.45) is 5.73 Å². The fourth-order valence-corrected chi connectivity index (χ4v) is 2.22. The van der Waals surface area contributed by atoms with Gasteiger partial charge < -0.3 is 15.5 Å². The Morgan fingerprint density at radius 2 is 2.00 bits per heavy atom. The number of fused-ring (bicyclic) bond motifs is 1. The molecule has 112 valence electrons. The van der Waals surface area contributed by atoms with Crippen molar-refractivity contribution in [3.63, 3.8) is 0 Å². The maximum Gasteiger partial charge on any atom is 0.241 e. The fraction of sp³-hybridized carbons (Fsp3) is 0.375. The minimum atomic E-state index is 0.0566. The van der Waals surface area contributed by atoms with Crippen LogP contribution < -0.4 is 10.6 Å². The van der Waals surface area contributed by atoms with Crippen LogP contribution in [0.15, 0.2) is 30.3 Å². The lowest BCUT2D eigenvalue weighted by molar-refractivity contribution is -0.127. The summed E-state index contributed by atoms with van der Waals surface area (Å²) in [6.07, 6.45) is 0. The Kier molecular flexibility index (Phi) is 4.75. The third kappa shape index (κ3) is 3.31. The smallest absolute Gasteiger partial charge is 0.241 e. The monoisotopic (exact) mass is 286 g/mol. The standard InChI is InChI=1S/C16H22N4O/c1-4-20(11-16(21)19(2)3)15-9-12(10-17)13-7-5-6-8-14(13)18-15/h5-9H,4,10-11,17H2,1-3H3. The van der Waals surface area contributed by atoms with E-state index in [2.05, 4.69) is 4.98 Å². The number of hydrogen-bond donors (Lipinski definition) is 1. The summed E-state index contributed by atoms with van der Waals surface area (Å²) in [5, 5.41) is 1.07. The van der Waals surface area contributed by atoms with Crippen LogP contribution in [0.25, 0.3) is 10.9 Å². The molecular formula is C16H22N4O. The predicted octanol–water partition coefficient (Wildman–Crippen LogP) is 1.61. The van der Waals surface area contributed by atoms with Crippen molar-refractivity contribution >= 4 is 22.6 Å². The molecule has 21 heavy (non-hydrogen) atoms. The van der Waals surface area contributed by atoms with E-state index in [-0.39, 0.29) is 5.91 Å².